The average molecular weight is 297 g/mol. The second-order valence-electron chi connectivity index (χ2n) is 4.87. The Morgan fingerprint density at radius 3 is 2.48 bits per heavy atom. The third kappa shape index (κ3) is 7.08. The van der Waals surface area contributed by atoms with E-state index >= 15 is 0 Å². The molecule has 1 aromatic rings. The Morgan fingerprint density at radius 2 is 1.81 bits per heavy atom. The highest BCUT2D eigenvalue weighted by atomic mass is 16.5. The smallest absolute Gasteiger partial charge is 0.323 e. The zero-order chi connectivity index (χ0) is 15.5. The number of ether oxygens (including phenoxy) is 2. The van der Waals surface area contributed by atoms with Crippen molar-refractivity contribution in [1.29, 1.82) is 0 Å². The fraction of sp³-hybridized carbons (Fsp3) is 0.786. The fourth-order valence-corrected chi connectivity index (χ4v) is 1.58. The summed E-state index contributed by atoms with van der Waals surface area (Å²) in [5.41, 5.74) is 0. The molecule has 7 heteroatoms. The molecule has 0 amide bonds. The molecule has 0 aliphatic rings. The van der Waals surface area contributed by atoms with Crippen molar-refractivity contribution in [2.24, 2.45) is 0 Å². The van der Waals surface area contributed by atoms with E-state index in [2.05, 4.69) is 39.4 Å². The van der Waals surface area contributed by atoms with Crippen LogP contribution in [-0.2, 0) is 4.74 Å². The lowest BCUT2D eigenvalue weighted by molar-refractivity contribution is 0.191. The molecule has 0 aliphatic carbocycles. The van der Waals surface area contributed by atoms with Gasteiger partial charge in [0.15, 0.2) is 0 Å². The van der Waals surface area contributed by atoms with Gasteiger partial charge in [0.2, 0.25) is 11.9 Å². The molecule has 0 saturated heterocycles. The molecule has 7 nitrogen and oxygen atoms in total. The van der Waals surface area contributed by atoms with Gasteiger partial charge in [-0.3, -0.25) is 0 Å². The van der Waals surface area contributed by atoms with Gasteiger partial charge in [-0.1, -0.05) is 13.8 Å². The van der Waals surface area contributed by atoms with Crippen molar-refractivity contribution >= 4 is 11.9 Å². The van der Waals surface area contributed by atoms with E-state index < -0.39 is 0 Å². The summed E-state index contributed by atoms with van der Waals surface area (Å²) >= 11 is 0. The van der Waals surface area contributed by atoms with Crippen molar-refractivity contribution in [3.05, 3.63) is 0 Å². The van der Waals surface area contributed by atoms with Crippen molar-refractivity contribution in [2.75, 3.05) is 37.5 Å². The predicted octanol–water partition coefficient (Wildman–Crippen LogP) is 2.32. The SMILES string of the molecule is CCCNc1nc(NC(C)CCOC)nc(OCCC)n1. The topological polar surface area (TPSA) is 81.2 Å². The summed E-state index contributed by atoms with van der Waals surface area (Å²) in [6.45, 7) is 8.30. The largest absolute Gasteiger partial charge is 0.463 e. The van der Waals surface area contributed by atoms with Gasteiger partial charge in [-0.2, -0.15) is 15.0 Å². The highest BCUT2D eigenvalue weighted by molar-refractivity contribution is 5.36. The number of nitrogens with one attached hydrogen (secondary N) is 2. The summed E-state index contributed by atoms with van der Waals surface area (Å²) in [5, 5.41) is 6.41. The number of hydrogen-bond acceptors (Lipinski definition) is 7. The molecule has 0 bridgehead atoms. The first-order valence-corrected chi connectivity index (χ1v) is 7.57. The Labute approximate surface area is 126 Å². The first kappa shape index (κ1) is 17.4. The van der Waals surface area contributed by atoms with Crippen molar-refractivity contribution < 1.29 is 9.47 Å². The van der Waals surface area contributed by atoms with E-state index in [1.807, 2.05) is 6.92 Å². The van der Waals surface area contributed by atoms with E-state index in [9.17, 15) is 0 Å². The van der Waals surface area contributed by atoms with Crippen molar-refractivity contribution in [2.45, 2.75) is 46.1 Å². The number of nitrogens with zero attached hydrogens (tertiary/aromatic N) is 3. The fourth-order valence-electron chi connectivity index (χ4n) is 1.58. The summed E-state index contributed by atoms with van der Waals surface area (Å²) in [4.78, 5) is 12.9. The number of hydrogen-bond donors (Lipinski definition) is 2. The van der Waals surface area contributed by atoms with E-state index in [1.54, 1.807) is 7.11 Å². The molecule has 0 fully saturated rings. The van der Waals surface area contributed by atoms with Gasteiger partial charge < -0.3 is 20.1 Å². The maximum Gasteiger partial charge on any atom is 0.323 e. The lowest BCUT2D eigenvalue weighted by atomic mass is 10.2. The highest BCUT2D eigenvalue weighted by Crippen LogP contribution is 2.13. The van der Waals surface area contributed by atoms with Crippen LogP contribution in [-0.4, -0.2) is 47.9 Å². The van der Waals surface area contributed by atoms with E-state index in [0.717, 1.165) is 25.8 Å². The van der Waals surface area contributed by atoms with Gasteiger partial charge in [0, 0.05) is 26.3 Å². The van der Waals surface area contributed by atoms with Crippen LogP contribution in [0.4, 0.5) is 11.9 Å². The molecule has 1 rings (SSSR count). The van der Waals surface area contributed by atoms with Gasteiger partial charge in [0.1, 0.15) is 0 Å². The second-order valence-corrected chi connectivity index (χ2v) is 4.87. The number of aromatic nitrogens is 3. The monoisotopic (exact) mass is 297 g/mol. The van der Waals surface area contributed by atoms with Crippen LogP contribution in [0.15, 0.2) is 0 Å². The summed E-state index contributed by atoms with van der Waals surface area (Å²) in [5.74, 6) is 1.07. The maximum atomic E-state index is 5.51. The first-order chi connectivity index (χ1) is 10.2. The van der Waals surface area contributed by atoms with Gasteiger partial charge in [0.25, 0.3) is 0 Å². The molecule has 1 unspecified atom stereocenters. The normalized spacial score (nSPS) is 12.0. The van der Waals surface area contributed by atoms with E-state index in [4.69, 9.17) is 9.47 Å². The van der Waals surface area contributed by atoms with Crippen LogP contribution in [0.3, 0.4) is 0 Å². The molecular weight excluding hydrogens is 270 g/mol. The molecular formula is C14H27N5O2. The van der Waals surface area contributed by atoms with Gasteiger partial charge in [-0.25, -0.2) is 0 Å². The molecule has 0 aromatic carbocycles. The third-order valence-corrected chi connectivity index (χ3v) is 2.71. The van der Waals surface area contributed by atoms with E-state index in [0.29, 0.717) is 31.1 Å². The highest BCUT2D eigenvalue weighted by Gasteiger charge is 2.10. The zero-order valence-corrected chi connectivity index (χ0v) is 13.5. The molecule has 2 N–H and O–H groups in total. The molecule has 1 aromatic heterocycles. The summed E-state index contributed by atoms with van der Waals surface area (Å²) < 4.78 is 10.6. The van der Waals surface area contributed by atoms with Crippen LogP contribution in [0.1, 0.15) is 40.0 Å². The number of anilines is 2. The Morgan fingerprint density at radius 1 is 1.05 bits per heavy atom. The summed E-state index contributed by atoms with van der Waals surface area (Å²) in [6.07, 6.45) is 2.80. The molecule has 0 aliphatic heterocycles. The van der Waals surface area contributed by atoms with Crippen molar-refractivity contribution in [3.8, 4) is 6.01 Å². The Hall–Kier alpha value is -1.63. The quantitative estimate of drug-likeness (QED) is 0.648. The molecule has 120 valence electrons. The van der Waals surface area contributed by atoms with Crippen LogP contribution in [0, 0.1) is 0 Å². The van der Waals surface area contributed by atoms with E-state index in [-0.39, 0.29) is 6.04 Å². The van der Waals surface area contributed by atoms with Gasteiger partial charge in [0.05, 0.1) is 6.61 Å². The van der Waals surface area contributed by atoms with Crippen LogP contribution < -0.4 is 15.4 Å². The van der Waals surface area contributed by atoms with Gasteiger partial charge in [-0.15, -0.1) is 0 Å². The van der Waals surface area contributed by atoms with Crippen LogP contribution >= 0.6 is 0 Å². The van der Waals surface area contributed by atoms with E-state index in [1.165, 1.54) is 0 Å². The number of methoxy groups -OCH3 is 1. The van der Waals surface area contributed by atoms with Gasteiger partial charge in [-0.05, 0) is 26.2 Å². The summed E-state index contributed by atoms with van der Waals surface area (Å²) in [6, 6.07) is 0.567. The minimum Gasteiger partial charge on any atom is -0.463 e. The standard InChI is InChI=1S/C14H27N5O2/c1-5-8-15-12-17-13(16-11(3)7-10-20-4)19-14(18-12)21-9-6-2/h11H,5-10H2,1-4H3,(H2,15,16,17,18,19). The minimum atomic E-state index is 0.213. The Balaban J connectivity index is 2.74. The zero-order valence-electron chi connectivity index (χ0n) is 13.5. The average Bonchev–Trinajstić information content (AvgIpc) is 2.48. The molecule has 21 heavy (non-hydrogen) atoms. The minimum absolute atomic E-state index is 0.213. The third-order valence-electron chi connectivity index (χ3n) is 2.71. The predicted molar refractivity (Wildman–Crippen MR) is 84.0 cm³/mol. The van der Waals surface area contributed by atoms with Crippen LogP contribution in [0.2, 0.25) is 0 Å². The lowest BCUT2D eigenvalue weighted by Gasteiger charge is -2.14. The molecule has 1 atom stereocenters. The van der Waals surface area contributed by atoms with Crippen molar-refractivity contribution in [3.63, 3.8) is 0 Å². The molecule has 0 saturated carbocycles. The van der Waals surface area contributed by atoms with Crippen LogP contribution in [0.5, 0.6) is 6.01 Å². The molecule has 0 spiro atoms. The Kier molecular flexibility index (Phi) is 8.42. The van der Waals surface area contributed by atoms with Crippen molar-refractivity contribution in [1.82, 2.24) is 15.0 Å². The van der Waals surface area contributed by atoms with Gasteiger partial charge >= 0.3 is 6.01 Å². The second kappa shape index (κ2) is 10.1. The molecule has 0 radical (unpaired) electrons. The number of rotatable bonds is 11. The lowest BCUT2D eigenvalue weighted by Crippen LogP contribution is -2.20. The summed E-state index contributed by atoms with van der Waals surface area (Å²) in [7, 11) is 1.69. The van der Waals surface area contributed by atoms with Crippen LogP contribution in [0.25, 0.3) is 0 Å². The molecule has 1 heterocycles. The Bertz CT molecular complexity index is 377. The maximum absolute atomic E-state index is 5.51. The first-order valence-electron chi connectivity index (χ1n) is 7.57.